The highest BCUT2D eigenvalue weighted by atomic mass is 32.2. The number of anilines is 2. The van der Waals surface area contributed by atoms with Gasteiger partial charge in [-0.25, -0.2) is 4.39 Å². The molecule has 0 radical (unpaired) electrons. The van der Waals surface area contributed by atoms with Crippen LogP contribution >= 0.6 is 11.8 Å². The Hall–Kier alpha value is -6.07. The number of halogens is 1. The fraction of sp³-hybridized carbons (Fsp3) is 0.0278. The Morgan fingerprint density at radius 1 is 0.745 bits per heavy atom. The van der Waals surface area contributed by atoms with Crippen molar-refractivity contribution in [3.05, 3.63) is 172 Å². The Labute approximate surface area is 273 Å². The van der Waals surface area contributed by atoms with E-state index in [0.717, 1.165) is 5.56 Å². The van der Waals surface area contributed by atoms with Gasteiger partial charge in [0.25, 0.3) is 17.5 Å². The quantitative estimate of drug-likeness (QED) is 0.0586. The van der Waals surface area contributed by atoms with E-state index in [1.54, 1.807) is 54.6 Å². The summed E-state index contributed by atoms with van der Waals surface area (Å²) in [6.45, 7) is 0. The van der Waals surface area contributed by atoms with Crippen LogP contribution in [0.3, 0.4) is 0 Å². The van der Waals surface area contributed by atoms with Gasteiger partial charge in [0.1, 0.15) is 16.8 Å². The van der Waals surface area contributed by atoms with Crippen LogP contribution in [0, 0.1) is 15.9 Å². The summed E-state index contributed by atoms with van der Waals surface area (Å²) in [4.78, 5) is 51.2. The molecule has 234 valence electrons. The van der Waals surface area contributed by atoms with Crippen molar-refractivity contribution in [2.75, 3.05) is 10.6 Å². The molecule has 0 fully saturated rings. The number of nitrogens with one attached hydrogen (secondary N) is 3. The molecule has 0 spiro atoms. The van der Waals surface area contributed by atoms with E-state index in [1.807, 2.05) is 30.3 Å². The SMILES string of the molecule is O=C(Nc1cccc(SC(C(=O)Nc2ccc(F)cc2)c2ccccc2)c1)/C(=C\c1ccc([N+](=O)[O-])cc1)NC(=O)c1ccccc1. The molecule has 0 aliphatic carbocycles. The molecule has 5 rings (SSSR count). The standard InChI is InChI=1S/C36H27FN4O5S/c37-27-16-18-28(19-17-27)38-36(44)33(25-8-3-1-4-9-25)47-31-13-7-12-29(23-31)39-35(43)32(40-34(42)26-10-5-2-6-11-26)22-24-14-20-30(21-15-24)41(45)46/h1-23,33H,(H,38,44)(H,39,43)(H,40,42)/b32-22+. The first-order valence-corrected chi connectivity index (χ1v) is 15.1. The molecule has 0 heterocycles. The third-order valence-electron chi connectivity index (χ3n) is 6.74. The number of thioether (sulfide) groups is 1. The summed E-state index contributed by atoms with van der Waals surface area (Å²) in [6.07, 6.45) is 1.42. The monoisotopic (exact) mass is 646 g/mol. The Balaban J connectivity index is 1.38. The molecular formula is C36H27FN4O5S. The minimum absolute atomic E-state index is 0.0911. The Morgan fingerprint density at radius 3 is 2.06 bits per heavy atom. The van der Waals surface area contributed by atoms with Gasteiger partial charge >= 0.3 is 0 Å². The van der Waals surface area contributed by atoms with Crippen molar-refractivity contribution in [3.8, 4) is 0 Å². The smallest absolute Gasteiger partial charge is 0.272 e. The van der Waals surface area contributed by atoms with Crippen LogP contribution < -0.4 is 16.0 Å². The van der Waals surface area contributed by atoms with Crippen molar-refractivity contribution in [2.24, 2.45) is 0 Å². The largest absolute Gasteiger partial charge is 0.325 e. The van der Waals surface area contributed by atoms with Crippen LogP contribution in [0.25, 0.3) is 6.08 Å². The molecule has 0 aromatic heterocycles. The fourth-order valence-corrected chi connectivity index (χ4v) is 5.51. The molecule has 0 aliphatic heterocycles. The first-order valence-electron chi connectivity index (χ1n) is 14.3. The summed E-state index contributed by atoms with van der Waals surface area (Å²) in [6, 6.07) is 35.4. The highest BCUT2D eigenvalue weighted by molar-refractivity contribution is 8.00. The zero-order valence-corrected chi connectivity index (χ0v) is 25.4. The molecule has 3 N–H and O–H groups in total. The number of benzene rings is 5. The van der Waals surface area contributed by atoms with E-state index in [1.165, 1.54) is 66.4 Å². The van der Waals surface area contributed by atoms with E-state index in [2.05, 4.69) is 16.0 Å². The van der Waals surface area contributed by atoms with Gasteiger partial charge in [-0.05, 0) is 83.9 Å². The number of nitro benzene ring substituents is 1. The van der Waals surface area contributed by atoms with Crippen LogP contribution in [0.1, 0.15) is 26.7 Å². The van der Waals surface area contributed by atoms with Gasteiger partial charge in [-0.1, -0.05) is 54.6 Å². The highest BCUT2D eigenvalue weighted by Gasteiger charge is 2.23. The number of hydrogen-bond acceptors (Lipinski definition) is 6. The molecular weight excluding hydrogens is 619 g/mol. The summed E-state index contributed by atoms with van der Waals surface area (Å²) in [7, 11) is 0. The van der Waals surface area contributed by atoms with Gasteiger partial charge in [-0.2, -0.15) is 0 Å². The second-order valence-corrected chi connectivity index (χ2v) is 11.3. The summed E-state index contributed by atoms with van der Waals surface area (Å²) < 4.78 is 13.4. The number of nitrogens with zero attached hydrogens (tertiary/aromatic N) is 1. The van der Waals surface area contributed by atoms with E-state index < -0.39 is 27.8 Å². The average molecular weight is 647 g/mol. The van der Waals surface area contributed by atoms with Crippen LogP contribution in [-0.4, -0.2) is 22.6 Å². The van der Waals surface area contributed by atoms with Crippen LogP contribution in [-0.2, 0) is 9.59 Å². The molecule has 1 unspecified atom stereocenters. The van der Waals surface area contributed by atoms with Gasteiger partial charge in [0.15, 0.2) is 0 Å². The van der Waals surface area contributed by atoms with Gasteiger partial charge in [0.05, 0.1) is 4.92 Å². The number of amides is 3. The molecule has 5 aromatic carbocycles. The van der Waals surface area contributed by atoms with Gasteiger partial charge in [0.2, 0.25) is 5.91 Å². The van der Waals surface area contributed by atoms with Crippen molar-refractivity contribution in [1.82, 2.24) is 5.32 Å². The topological polar surface area (TPSA) is 130 Å². The third-order valence-corrected chi connectivity index (χ3v) is 7.99. The Bertz CT molecular complexity index is 1920. The van der Waals surface area contributed by atoms with Crippen molar-refractivity contribution in [3.63, 3.8) is 0 Å². The number of hydrogen-bond donors (Lipinski definition) is 3. The van der Waals surface area contributed by atoms with Crippen LogP contribution in [0.4, 0.5) is 21.5 Å². The van der Waals surface area contributed by atoms with E-state index in [-0.39, 0.29) is 17.3 Å². The Morgan fingerprint density at radius 2 is 1.40 bits per heavy atom. The number of rotatable bonds is 11. The Kier molecular flexibility index (Phi) is 10.5. The van der Waals surface area contributed by atoms with Gasteiger partial charge in [0, 0.05) is 34.0 Å². The summed E-state index contributed by atoms with van der Waals surface area (Å²) in [5, 5.41) is 18.7. The molecule has 0 aliphatic rings. The fourth-order valence-electron chi connectivity index (χ4n) is 4.42. The normalized spacial score (nSPS) is 11.6. The van der Waals surface area contributed by atoms with Crippen LogP contribution in [0.15, 0.2) is 144 Å². The number of non-ortho nitro benzene ring substituents is 1. The van der Waals surface area contributed by atoms with E-state index in [9.17, 15) is 28.9 Å². The lowest BCUT2D eigenvalue weighted by Gasteiger charge is -2.18. The van der Waals surface area contributed by atoms with E-state index >= 15 is 0 Å². The minimum atomic E-state index is -0.685. The predicted octanol–water partition coefficient (Wildman–Crippen LogP) is 7.62. The molecule has 0 saturated heterocycles. The maximum absolute atomic E-state index is 13.5. The summed E-state index contributed by atoms with van der Waals surface area (Å²) in [5.74, 6) is -1.89. The first kappa shape index (κ1) is 32.3. The maximum Gasteiger partial charge on any atom is 0.272 e. The van der Waals surface area contributed by atoms with Gasteiger partial charge < -0.3 is 16.0 Å². The molecule has 5 aromatic rings. The highest BCUT2D eigenvalue weighted by Crippen LogP contribution is 2.37. The first-order chi connectivity index (χ1) is 22.7. The number of carbonyl (C=O) groups excluding carboxylic acids is 3. The van der Waals surface area contributed by atoms with E-state index in [0.29, 0.717) is 27.4 Å². The van der Waals surface area contributed by atoms with Gasteiger partial charge in [-0.3, -0.25) is 24.5 Å². The van der Waals surface area contributed by atoms with Crippen LogP contribution in [0.5, 0.6) is 0 Å². The summed E-state index contributed by atoms with van der Waals surface area (Å²) >= 11 is 1.26. The molecule has 0 bridgehead atoms. The van der Waals surface area contributed by atoms with Crippen molar-refractivity contribution in [1.29, 1.82) is 0 Å². The molecule has 3 amide bonds. The predicted molar refractivity (Wildman–Crippen MR) is 180 cm³/mol. The molecule has 0 saturated carbocycles. The molecule has 47 heavy (non-hydrogen) atoms. The lowest BCUT2D eigenvalue weighted by atomic mass is 10.1. The maximum atomic E-state index is 13.5. The zero-order chi connectivity index (χ0) is 33.2. The average Bonchev–Trinajstić information content (AvgIpc) is 3.09. The second-order valence-electron chi connectivity index (χ2n) is 10.1. The number of nitro groups is 1. The van der Waals surface area contributed by atoms with Gasteiger partial charge in [-0.15, -0.1) is 11.8 Å². The lowest BCUT2D eigenvalue weighted by Crippen LogP contribution is -2.30. The van der Waals surface area contributed by atoms with Crippen LogP contribution in [0.2, 0.25) is 0 Å². The van der Waals surface area contributed by atoms with E-state index in [4.69, 9.17) is 0 Å². The molecule has 9 nitrogen and oxygen atoms in total. The lowest BCUT2D eigenvalue weighted by molar-refractivity contribution is -0.384. The summed E-state index contributed by atoms with van der Waals surface area (Å²) in [5.41, 5.74) is 2.17. The second kappa shape index (κ2) is 15.3. The van der Waals surface area contributed by atoms with Crippen molar-refractivity contribution in [2.45, 2.75) is 10.1 Å². The number of carbonyl (C=O) groups is 3. The van der Waals surface area contributed by atoms with Crippen molar-refractivity contribution < 1.29 is 23.7 Å². The van der Waals surface area contributed by atoms with Crippen molar-refractivity contribution >= 4 is 52.6 Å². The molecule has 11 heteroatoms. The molecule has 1 atom stereocenters. The third kappa shape index (κ3) is 8.99. The zero-order valence-electron chi connectivity index (χ0n) is 24.6. The minimum Gasteiger partial charge on any atom is -0.325 e.